The molecular weight excluding hydrogens is 335 g/mol. The molecule has 0 radical (unpaired) electrons. The topological polar surface area (TPSA) is 66.9 Å². The van der Waals surface area contributed by atoms with Gasteiger partial charge in [-0.25, -0.2) is 9.97 Å². The van der Waals surface area contributed by atoms with Crippen LogP contribution in [0.25, 0.3) is 0 Å². The van der Waals surface area contributed by atoms with Crippen molar-refractivity contribution in [3.8, 4) is 0 Å². The maximum atomic E-state index is 11.9. The number of nitrogens with one attached hydrogen (secondary N) is 2. The molecule has 0 bridgehead atoms. The molecule has 2 aromatic rings. The van der Waals surface area contributed by atoms with E-state index in [9.17, 15) is 4.79 Å². The lowest BCUT2D eigenvalue weighted by molar-refractivity contribution is -0.116. The van der Waals surface area contributed by atoms with E-state index in [-0.39, 0.29) is 5.91 Å². The number of carbonyl (C=O) groups is 1. The van der Waals surface area contributed by atoms with Gasteiger partial charge in [-0.1, -0.05) is 23.2 Å². The molecule has 0 aliphatic carbocycles. The molecule has 0 aliphatic rings. The normalized spacial score (nSPS) is 10.4. The van der Waals surface area contributed by atoms with Crippen molar-refractivity contribution in [3.63, 3.8) is 0 Å². The Morgan fingerprint density at radius 2 is 1.83 bits per heavy atom. The summed E-state index contributed by atoms with van der Waals surface area (Å²) in [5.41, 5.74) is 2.34. The zero-order valence-corrected chi connectivity index (χ0v) is 14.5. The van der Waals surface area contributed by atoms with Gasteiger partial charge in [0, 0.05) is 29.4 Å². The summed E-state index contributed by atoms with van der Waals surface area (Å²) in [6.45, 7) is 4.45. The van der Waals surface area contributed by atoms with Crippen molar-refractivity contribution in [3.05, 3.63) is 45.7 Å². The van der Waals surface area contributed by atoms with Crippen LogP contribution in [0.2, 0.25) is 10.0 Å². The Kier molecular flexibility index (Phi) is 6.19. The van der Waals surface area contributed by atoms with Crippen molar-refractivity contribution < 1.29 is 4.79 Å². The molecule has 2 N–H and O–H groups in total. The van der Waals surface area contributed by atoms with E-state index < -0.39 is 0 Å². The van der Waals surface area contributed by atoms with E-state index in [1.54, 1.807) is 18.2 Å². The van der Waals surface area contributed by atoms with Crippen LogP contribution in [0.3, 0.4) is 0 Å². The van der Waals surface area contributed by atoms with Gasteiger partial charge in [-0.2, -0.15) is 0 Å². The van der Waals surface area contributed by atoms with Gasteiger partial charge < -0.3 is 10.6 Å². The minimum Gasteiger partial charge on any atom is -0.354 e. The van der Waals surface area contributed by atoms with Crippen molar-refractivity contribution in [2.24, 2.45) is 0 Å². The summed E-state index contributed by atoms with van der Waals surface area (Å²) in [7, 11) is 0. The number of hydrogen-bond donors (Lipinski definition) is 2. The van der Waals surface area contributed by atoms with Crippen molar-refractivity contribution in [1.29, 1.82) is 0 Å². The highest BCUT2D eigenvalue weighted by atomic mass is 35.5. The number of anilines is 2. The second-order valence-corrected chi connectivity index (χ2v) is 6.02. The molecule has 1 heterocycles. The highest BCUT2D eigenvalue weighted by Gasteiger charge is 2.07. The van der Waals surface area contributed by atoms with Crippen LogP contribution in [0.15, 0.2) is 24.3 Å². The molecule has 1 amide bonds. The quantitative estimate of drug-likeness (QED) is 0.763. The Morgan fingerprint density at radius 3 is 2.52 bits per heavy atom. The molecule has 1 aromatic heterocycles. The van der Waals surface area contributed by atoms with E-state index in [4.69, 9.17) is 23.2 Å². The predicted octanol–water partition coefficient (Wildman–Crippen LogP) is 4.23. The number of halogens is 2. The van der Waals surface area contributed by atoms with E-state index >= 15 is 0 Å². The lowest BCUT2D eigenvalue weighted by Crippen LogP contribution is -2.14. The van der Waals surface area contributed by atoms with Gasteiger partial charge in [0.05, 0.1) is 10.7 Å². The summed E-state index contributed by atoms with van der Waals surface area (Å²) in [4.78, 5) is 20.5. The summed E-state index contributed by atoms with van der Waals surface area (Å²) in [6, 6.07) is 6.86. The predicted molar refractivity (Wildman–Crippen MR) is 94.3 cm³/mol. The van der Waals surface area contributed by atoms with Crippen LogP contribution in [0.1, 0.15) is 24.2 Å². The zero-order chi connectivity index (χ0) is 16.8. The van der Waals surface area contributed by atoms with Gasteiger partial charge in [0.15, 0.2) is 0 Å². The third kappa shape index (κ3) is 5.69. The first-order chi connectivity index (χ1) is 10.9. The van der Waals surface area contributed by atoms with Crippen molar-refractivity contribution in [1.82, 2.24) is 9.97 Å². The molecule has 0 fully saturated rings. The van der Waals surface area contributed by atoms with Crippen molar-refractivity contribution >= 4 is 40.7 Å². The second-order valence-electron chi connectivity index (χ2n) is 5.18. The Bertz CT molecular complexity index is 686. The minimum absolute atomic E-state index is 0.114. The molecular formula is C16H18Cl2N4O. The summed E-state index contributed by atoms with van der Waals surface area (Å²) in [6.07, 6.45) is 1.01. The number of rotatable bonds is 6. The third-order valence-corrected chi connectivity index (χ3v) is 3.61. The van der Waals surface area contributed by atoms with Crippen LogP contribution in [0, 0.1) is 13.8 Å². The first-order valence-electron chi connectivity index (χ1n) is 7.25. The fourth-order valence-corrected chi connectivity index (χ4v) is 2.40. The van der Waals surface area contributed by atoms with Crippen molar-refractivity contribution in [2.75, 3.05) is 17.2 Å². The number of amides is 1. The van der Waals surface area contributed by atoms with Gasteiger partial charge in [-0.15, -0.1) is 0 Å². The first-order valence-corrected chi connectivity index (χ1v) is 8.00. The first kappa shape index (κ1) is 17.5. The highest BCUT2D eigenvalue weighted by molar-refractivity contribution is 6.35. The van der Waals surface area contributed by atoms with E-state index in [2.05, 4.69) is 20.6 Å². The van der Waals surface area contributed by atoms with Gasteiger partial charge in [0.2, 0.25) is 11.9 Å². The van der Waals surface area contributed by atoms with Gasteiger partial charge in [0.1, 0.15) is 0 Å². The van der Waals surface area contributed by atoms with Gasteiger partial charge in [0.25, 0.3) is 0 Å². The fraction of sp³-hybridized carbons (Fsp3) is 0.312. The smallest absolute Gasteiger partial charge is 0.224 e. The van der Waals surface area contributed by atoms with Crippen LogP contribution in [-0.4, -0.2) is 22.4 Å². The monoisotopic (exact) mass is 352 g/mol. The minimum atomic E-state index is -0.114. The Hall–Kier alpha value is -1.85. The van der Waals surface area contributed by atoms with Crippen LogP contribution in [0.4, 0.5) is 11.6 Å². The van der Waals surface area contributed by atoms with Crippen LogP contribution in [0.5, 0.6) is 0 Å². The molecule has 0 aliphatic heterocycles. The van der Waals surface area contributed by atoms with Gasteiger partial charge in [-0.3, -0.25) is 4.79 Å². The lowest BCUT2D eigenvalue weighted by Gasteiger charge is -2.09. The summed E-state index contributed by atoms with van der Waals surface area (Å²) in [5, 5.41) is 6.86. The standard InChI is InChI=1S/C16H18Cl2N4O/c1-10-8-11(2)21-16(20-10)19-7-3-4-15(23)22-14-9-12(17)5-6-13(14)18/h5-6,8-9H,3-4,7H2,1-2H3,(H,22,23)(H,19,20,21). The Balaban J connectivity index is 1.77. The number of benzene rings is 1. The molecule has 0 spiro atoms. The van der Waals surface area contributed by atoms with E-state index in [1.807, 2.05) is 19.9 Å². The molecule has 0 atom stereocenters. The number of aromatic nitrogens is 2. The number of carbonyl (C=O) groups excluding carboxylic acids is 1. The molecule has 5 nitrogen and oxygen atoms in total. The van der Waals surface area contributed by atoms with Crippen LogP contribution < -0.4 is 10.6 Å². The fourth-order valence-electron chi connectivity index (χ4n) is 2.06. The Labute approximate surface area is 145 Å². The maximum Gasteiger partial charge on any atom is 0.224 e. The highest BCUT2D eigenvalue weighted by Crippen LogP contribution is 2.25. The van der Waals surface area contributed by atoms with E-state index in [1.165, 1.54) is 0 Å². The molecule has 1 aromatic carbocycles. The number of hydrogen-bond acceptors (Lipinski definition) is 4. The average Bonchev–Trinajstić information content (AvgIpc) is 2.46. The van der Waals surface area contributed by atoms with E-state index in [0.29, 0.717) is 41.1 Å². The second kappa shape index (κ2) is 8.13. The molecule has 2 rings (SSSR count). The number of aryl methyl sites for hydroxylation is 2. The molecule has 0 unspecified atom stereocenters. The van der Waals surface area contributed by atoms with Crippen LogP contribution in [-0.2, 0) is 4.79 Å². The summed E-state index contributed by atoms with van der Waals surface area (Å²) < 4.78 is 0. The largest absolute Gasteiger partial charge is 0.354 e. The van der Waals surface area contributed by atoms with Gasteiger partial charge in [-0.05, 0) is 44.5 Å². The summed E-state index contributed by atoms with van der Waals surface area (Å²) in [5.74, 6) is 0.470. The summed E-state index contributed by atoms with van der Waals surface area (Å²) >= 11 is 11.9. The molecule has 23 heavy (non-hydrogen) atoms. The molecule has 7 heteroatoms. The molecule has 0 saturated heterocycles. The number of nitrogens with zero attached hydrogens (tertiary/aromatic N) is 2. The van der Waals surface area contributed by atoms with E-state index in [0.717, 1.165) is 11.4 Å². The lowest BCUT2D eigenvalue weighted by atomic mass is 10.2. The SMILES string of the molecule is Cc1cc(C)nc(NCCCC(=O)Nc2cc(Cl)ccc2Cl)n1. The molecule has 0 saturated carbocycles. The Morgan fingerprint density at radius 1 is 1.13 bits per heavy atom. The maximum absolute atomic E-state index is 11.9. The van der Waals surface area contributed by atoms with Crippen LogP contribution >= 0.6 is 23.2 Å². The zero-order valence-electron chi connectivity index (χ0n) is 13.0. The van der Waals surface area contributed by atoms with Gasteiger partial charge >= 0.3 is 0 Å². The molecule has 122 valence electrons. The average molecular weight is 353 g/mol. The third-order valence-electron chi connectivity index (χ3n) is 3.05. The van der Waals surface area contributed by atoms with Crippen molar-refractivity contribution in [2.45, 2.75) is 26.7 Å².